The number of imidazole rings is 1. The van der Waals surface area contributed by atoms with E-state index in [2.05, 4.69) is 4.98 Å². The van der Waals surface area contributed by atoms with Crippen molar-refractivity contribution in [1.29, 1.82) is 0 Å². The molecule has 3 rings (SSSR count). The van der Waals surface area contributed by atoms with Gasteiger partial charge >= 0.3 is 0 Å². The van der Waals surface area contributed by atoms with Crippen molar-refractivity contribution >= 4 is 38.5 Å². The summed E-state index contributed by atoms with van der Waals surface area (Å²) in [5.41, 5.74) is 9.00. The Bertz CT molecular complexity index is 1190. The van der Waals surface area contributed by atoms with Gasteiger partial charge in [-0.3, -0.25) is 4.79 Å². The lowest BCUT2D eigenvalue weighted by Crippen LogP contribution is -2.23. The van der Waals surface area contributed by atoms with E-state index in [1.807, 2.05) is 36.4 Å². The summed E-state index contributed by atoms with van der Waals surface area (Å²) in [6, 6.07) is 14.7. The first-order chi connectivity index (χ1) is 13.6. The Morgan fingerprint density at radius 2 is 1.76 bits per heavy atom. The third-order valence-electron chi connectivity index (χ3n) is 4.59. The molecule has 0 aliphatic carbocycles. The Morgan fingerprint density at radius 1 is 1.10 bits per heavy atom. The molecule has 1 aromatic heterocycles. The lowest BCUT2D eigenvalue weighted by Gasteiger charge is -2.14. The van der Waals surface area contributed by atoms with Crippen LogP contribution in [0.15, 0.2) is 54.6 Å². The molecule has 7 nitrogen and oxygen atoms in total. The number of amides is 1. The lowest BCUT2D eigenvalue weighted by atomic mass is 9.97. The summed E-state index contributed by atoms with van der Waals surface area (Å²) >= 11 is 0. The van der Waals surface area contributed by atoms with E-state index in [1.165, 1.54) is 11.0 Å². The standard InChI is InChI=1S/C21H24N4O3S/c1-14(2)29(27,28)25-19-12-16(10-11-18(19)23-21(25)22)17(13-20(26)24(3)4)15-8-6-5-7-9-15/h5-14H,1-4H3,(H2,22,23). The predicted octanol–water partition coefficient (Wildman–Crippen LogP) is 2.72. The van der Waals surface area contributed by atoms with Crippen LogP contribution in [-0.4, -0.2) is 47.5 Å². The summed E-state index contributed by atoms with van der Waals surface area (Å²) < 4.78 is 26.7. The second-order valence-corrected chi connectivity index (χ2v) is 9.53. The minimum atomic E-state index is -3.70. The highest BCUT2D eigenvalue weighted by atomic mass is 32.2. The number of fused-ring (bicyclic) bond motifs is 1. The Kier molecular flexibility index (Phi) is 5.48. The van der Waals surface area contributed by atoms with Crippen molar-refractivity contribution in [3.8, 4) is 0 Å². The van der Waals surface area contributed by atoms with Crippen molar-refractivity contribution in [3.63, 3.8) is 0 Å². The zero-order valence-electron chi connectivity index (χ0n) is 16.8. The summed E-state index contributed by atoms with van der Waals surface area (Å²) in [7, 11) is -0.347. The smallest absolute Gasteiger partial charge is 0.246 e. The highest BCUT2D eigenvalue weighted by Gasteiger charge is 2.25. The third-order valence-corrected chi connectivity index (χ3v) is 6.68. The van der Waals surface area contributed by atoms with E-state index in [9.17, 15) is 13.2 Å². The Morgan fingerprint density at radius 3 is 2.34 bits per heavy atom. The number of carbonyl (C=O) groups is 1. The average Bonchev–Trinajstić information content (AvgIpc) is 3.01. The highest BCUT2D eigenvalue weighted by molar-refractivity contribution is 7.90. The monoisotopic (exact) mass is 412 g/mol. The van der Waals surface area contributed by atoms with Crippen molar-refractivity contribution in [2.45, 2.75) is 19.1 Å². The van der Waals surface area contributed by atoms with Gasteiger partial charge in [0.1, 0.15) is 0 Å². The van der Waals surface area contributed by atoms with E-state index >= 15 is 0 Å². The largest absolute Gasteiger partial charge is 0.368 e. The number of anilines is 1. The van der Waals surface area contributed by atoms with E-state index < -0.39 is 15.3 Å². The number of hydrogen-bond donors (Lipinski definition) is 1. The predicted molar refractivity (Wildman–Crippen MR) is 116 cm³/mol. The van der Waals surface area contributed by atoms with E-state index in [-0.39, 0.29) is 11.9 Å². The molecule has 0 aliphatic heterocycles. The van der Waals surface area contributed by atoms with Gasteiger partial charge in [-0.15, -0.1) is 0 Å². The molecule has 0 aliphatic rings. The number of nitrogens with zero attached hydrogens (tertiary/aromatic N) is 3. The van der Waals surface area contributed by atoms with Crippen LogP contribution in [0.2, 0.25) is 0 Å². The van der Waals surface area contributed by atoms with Gasteiger partial charge in [-0.1, -0.05) is 36.4 Å². The molecule has 29 heavy (non-hydrogen) atoms. The van der Waals surface area contributed by atoms with Crippen LogP contribution in [0.4, 0.5) is 5.95 Å². The maximum absolute atomic E-state index is 12.8. The summed E-state index contributed by atoms with van der Waals surface area (Å²) in [4.78, 5) is 18.1. The minimum absolute atomic E-state index is 0.0829. The molecule has 0 fully saturated rings. The van der Waals surface area contributed by atoms with Crippen LogP contribution in [0.3, 0.4) is 0 Å². The van der Waals surface area contributed by atoms with E-state index in [0.717, 1.165) is 9.54 Å². The number of aromatic nitrogens is 2. The molecule has 0 unspecified atom stereocenters. The fourth-order valence-electron chi connectivity index (χ4n) is 2.92. The topological polar surface area (TPSA) is 98.3 Å². The average molecular weight is 413 g/mol. The van der Waals surface area contributed by atoms with Crippen LogP contribution in [0.1, 0.15) is 25.0 Å². The Balaban J connectivity index is 2.28. The molecule has 3 aromatic rings. The first-order valence-electron chi connectivity index (χ1n) is 9.14. The van der Waals surface area contributed by atoms with Crippen molar-refractivity contribution in [2.75, 3.05) is 19.8 Å². The molecule has 1 heterocycles. The number of nitrogen functional groups attached to an aromatic ring is 1. The van der Waals surface area contributed by atoms with Gasteiger partial charge in [0, 0.05) is 20.2 Å². The van der Waals surface area contributed by atoms with Gasteiger partial charge in [0.15, 0.2) is 0 Å². The summed E-state index contributed by atoms with van der Waals surface area (Å²) in [6.45, 7) is 3.19. The SMILES string of the molecule is CC(C)S(=O)(=O)n1c(N)nc2ccc(C(=CC(=O)N(C)C)c3ccccc3)cc21. The van der Waals surface area contributed by atoms with Gasteiger partial charge in [0.2, 0.25) is 21.9 Å². The fraction of sp³-hybridized carbons (Fsp3) is 0.238. The molecule has 0 saturated heterocycles. The molecule has 8 heteroatoms. The minimum Gasteiger partial charge on any atom is -0.368 e. The zero-order valence-corrected chi connectivity index (χ0v) is 17.6. The van der Waals surface area contributed by atoms with Crippen LogP contribution >= 0.6 is 0 Å². The summed E-state index contributed by atoms with van der Waals surface area (Å²) in [5, 5.41) is -0.662. The van der Waals surface area contributed by atoms with Gasteiger partial charge < -0.3 is 10.6 Å². The second kappa shape index (κ2) is 7.71. The van der Waals surface area contributed by atoms with Crippen LogP contribution in [0.5, 0.6) is 0 Å². The molecule has 0 bridgehead atoms. The normalized spacial score (nSPS) is 12.5. The first-order valence-corrected chi connectivity index (χ1v) is 10.6. The maximum Gasteiger partial charge on any atom is 0.246 e. The molecular weight excluding hydrogens is 388 g/mol. The van der Waals surface area contributed by atoms with Crippen LogP contribution in [-0.2, 0) is 14.8 Å². The fourth-order valence-corrected chi connectivity index (χ4v) is 4.07. The molecule has 1 amide bonds. The van der Waals surface area contributed by atoms with Gasteiger partial charge in [0.05, 0.1) is 16.3 Å². The van der Waals surface area contributed by atoms with Crippen LogP contribution < -0.4 is 5.73 Å². The Labute approximate surface area is 170 Å². The Hall–Kier alpha value is -3.13. The summed E-state index contributed by atoms with van der Waals surface area (Å²) in [5.74, 6) is -0.257. The molecule has 0 radical (unpaired) electrons. The van der Waals surface area contributed by atoms with Crippen LogP contribution in [0.25, 0.3) is 16.6 Å². The number of nitrogens with two attached hydrogens (primary N) is 1. The summed E-state index contributed by atoms with van der Waals surface area (Å²) in [6.07, 6.45) is 1.54. The van der Waals surface area contributed by atoms with Crippen molar-refractivity contribution in [1.82, 2.24) is 13.9 Å². The van der Waals surface area contributed by atoms with Crippen LogP contribution in [0, 0.1) is 0 Å². The van der Waals surface area contributed by atoms with E-state index in [1.54, 1.807) is 40.1 Å². The third kappa shape index (κ3) is 3.88. The maximum atomic E-state index is 12.8. The van der Waals surface area contributed by atoms with Gasteiger partial charge in [-0.25, -0.2) is 17.4 Å². The number of carbonyl (C=O) groups excluding carboxylic acids is 1. The number of benzene rings is 2. The van der Waals surface area contributed by atoms with Gasteiger partial charge in [0.25, 0.3) is 0 Å². The first kappa shape index (κ1) is 20.6. The number of rotatable bonds is 5. The lowest BCUT2D eigenvalue weighted by molar-refractivity contribution is -0.123. The molecule has 0 saturated carbocycles. The number of likely N-dealkylation sites (N-methyl/N-ethyl adjacent to an activating group) is 1. The highest BCUT2D eigenvalue weighted by Crippen LogP contribution is 2.29. The van der Waals surface area contributed by atoms with E-state index in [0.29, 0.717) is 22.2 Å². The van der Waals surface area contributed by atoms with Crippen molar-refractivity contribution in [2.24, 2.45) is 0 Å². The van der Waals surface area contributed by atoms with E-state index in [4.69, 9.17) is 5.73 Å². The quantitative estimate of drug-likeness (QED) is 0.650. The molecular formula is C21H24N4O3S. The molecule has 2 N–H and O–H groups in total. The van der Waals surface area contributed by atoms with Gasteiger partial charge in [-0.2, -0.15) is 0 Å². The molecule has 152 valence electrons. The zero-order chi connectivity index (χ0) is 21.3. The van der Waals surface area contributed by atoms with Crippen molar-refractivity contribution < 1.29 is 13.2 Å². The van der Waals surface area contributed by atoms with Crippen molar-refractivity contribution in [3.05, 3.63) is 65.7 Å². The second-order valence-electron chi connectivity index (χ2n) is 7.19. The number of hydrogen-bond acceptors (Lipinski definition) is 5. The molecule has 2 aromatic carbocycles. The van der Waals surface area contributed by atoms with Gasteiger partial charge in [-0.05, 0) is 42.7 Å². The molecule has 0 spiro atoms. The molecule has 0 atom stereocenters.